The highest BCUT2D eigenvalue weighted by Crippen LogP contribution is 2.42. The van der Waals surface area contributed by atoms with Gasteiger partial charge in [-0.05, 0) is 63.5 Å². The van der Waals surface area contributed by atoms with E-state index >= 15 is 0 Å². The molecule has 4 aromatic carbocycles. The lowest BCUT2D eigenvalue weighted by Gasteiger charge is -2.13. The number of benzene rings is 4. The number of ether oxygens (including phenoxy) is 4. The highest BCUT2D eigenvalue weighted by Gasteiger charge is 2.23. The van der Waals surface area contributed by atoms with Crippen LogP contribution in [0.1, 0.15) is 21.5 Å². The normalized spacial score (nSPS) is 10.7. The molecule has 0 aliphatic rings. The molecule has 1 N–H and O–H groups in total. The van der Waals surface area contributed by atoms with Crippen molar-refractivity contribution >= 4 is 39.4 Å². The van der Waals surface area contributed by atoms with Crippen LogP contribution in [0.25, 0.3) is 0 Å². The minimum absolute atomic E-state index is 0.0855. The fourth-order valence-corrected chi connectivity index (χ4v) is 4.31. The molecule has 43 heavy (non-hydrogen) atoms. The molecule has 14 heteroatoms. The summed E-state index contributed by atoms with van der Waals surface area (Å²) in [5.41, 5.74) is 3.14. The number of carbonyl (C=O) groups is 1. The highest BCUT2D eigenvalue weighted by atomic mass is 79.9. The molecule has 4 rings (SSSR count). The summed E-state index contributed by atoms with van der Waals surface area (Å²) in [6.07, 6.45) is 1.36. The number of hydrazone groups is 1. The SMILES string of the molecule is COc1cc(C(=O)N/N=C/c2cc(Br)c(Oc3ccc([N+](=O)[O-])cc3[N+](=O)[O-])c(OC)c2)ccc1OCc1ccccc1. The lowest BCUT2D eigenvalue weighted by molar-refractivity contribution is -0.394. The van der Waals surface area contributed by atoms with Crippen molar-refractivity contribution in [1.82, 2.24) is 5.43 Å². The van der Waals surface area contributed by atoms with Gasteiger partial charge in [-0.25, -0.2) is 5.43 Å². The zero-order chi connectivity index (χ0) is 30.9. The number of methoxy groups -OCH3 is 2. The van der Waals surface area contributed by atoms with E-state index in [-0.39, 0.29) is 22.8 Å². The van der Waals surface area contributed by atoms with Gasteiger partial charge in [-0.3, -0.25) is 25.0 Å². The Balaban J connectivity index is 1.46. The number of nitro groups is 2. The van der Waals surface area contributed by atoms with Crippen molar-refractivity contribution in [3.63, 3.8) is 0 Å². The van der Waals surface area contributed by atoms with Crippen LogP contribution in [0.3, 0.4) is 0 Å². The van der Waals surface area contributed by atoms with Gasteiger partial charge in [-0.15, -0.1) is 0 Å². The molecule has 13 nitrogen and oxygen atoms in total. The second kappa shape index (κ2) is 13.9. The number of nitrogens with zero attached hydrogens (tertiary/aromatic N) is 3. The molecule has 0 saturated heterocycles. The third-order valence-electron chi connectivity index (χ3n) is 5.86. The summed E-state index contributed by atoms with van der Waals surface area (Å²) in [7, 11) is 2.84. The van der Waals surface area contributed by atoms with Gasteiger partial charge in [0.25, 0.3) is 11.6 Å². The molecule has 0 spiro atoms. The molecule has 4 aromatic rings. The van der Waals surface area contributed by atoms with E-state index in [1.807, 2.05) is 30.3 Å². The molecule has 0 aliphatic carbocycles. The number of amides is 1. The molecule has 1 amide bonds. The van der Waals surface area contributed by atoms with Crippen LogP contribution in [0.4, 0.5) is 11.4 Å². The molecule has 0 aliphatic heterocycles. The first-order valence-corrected chi connectivity index (χ1v) is 13.2. The third-order valence-corrected chi connectivity index (χ3v) is 6.45. The number of nitro benzene ring substituents is 2. The predicted octanol–water partition coefficient (Wildman–Crippen LogP) is 6.42. The molecule has 0 heterocycles. The van der Waals surface area contributed by atoms with Crippen LogP contribution >= 0.6 is 15.9 Å². The summed E-state index contributed by atoms with van der Waals surface area (Å²) in [4.78, 5) is 33.7. The Bertz CT molecular complexity index is 1700. The van der Waals surface area contributed by atoms with Gasteiger partial charge < -0.3 is 18.9 Å². The maximum absolute atomic E-state index is 12.7. The molecule has 0 saturated carbocycles. The quantitative estimate of drug-likeness (QED) is 0.103. The molecule has 220 valence electrons. The number of non-ortho nitro benzene ring substituents is 1. The van der Waals surface area contributed by atoms with Crippen molar-refractivity contribution in [2.45, 2.75) is 6.61 Å². The summed E-state index contributed by atoms with van der Waals surface area (Å²) >= 11 is 3.35. The molecular formula is C29H23BrN4O9. The Kier molecular flexibility index (Phi) is 9.85. The largest absolute Gasteiger partial charge is 0.493 e. The second-order valence-corrected chi connectivity index (χ2v) is 9.50. The number of rotatable bonds is 12. The van der Waals surface area contributed by atoms with E-state index in [1.54, 1.807) is 18.2 Å². The Morgan fingerprint density at radius 1 is 0.884 bits per heavy atom. The van der Waals surface area contributed by atoms with E-state index in [4.69, 9.17) is 18.9 Å². The monoisotopic (exact) mass is 650 g/mol. The van der Waals surface area contributed by atoms with Crippen LogP contribution in [-0.4, -0.2) is 36.2 Å². The van der Waals surface area contributed by atoms with Gasteiger partial charge >= 0.3 is 5.69 Å². The van der Waals surface area contributed by atoms with Gasteiger partial charge in [0.1, 0.15) is 6.61 Å². The molecule has 0 radical (unpaired) electrons. The van der Waals surface area contributed by atoms with Gasteiger partial charge in [0.05, 0.1) is 40.8 Å². The third kappa shape index (κ3) is 7.62. The van der Waals surface area contributed by atoms with Crippen LogP contribution in [0.5, 0.6) is 28.7 Å². The van der Waals surface area contributed by atoms with Crippen molar-refractivity contribution in [1.29, 1.82) is 0 Å². The van der Waals surface area contributed by atoms with E-state index in [2.05, 4.69) is 26.5 Å². The van der Waals surface area contributed by atoms with Crippen LogP contribution in [-0.2, 0) is 6.61 Å². The van der Waals surface area contributed by atoms with Crippen molar-refractivity contribution in [2.75, 3.05) is 14.2 Å². The van der Waals surface area contributed by atoms with Crippen molar-refractivity contribution < 1.29 is 33.6 Å². The number of hydrogen-bond acceptors (Lipinski definition) is 10. The topological polar surface area (TPSA) is 165 Å². The first-order chi connectivity index (χ1) is 20.7. The number of hydrogen-bond donors (Lipinski definition) is 1. The van der Waals surface area contributed by atoms with Crippen LogP contribution in [0, 0.1) is 20.2 Å². The summed E-state index contributed by atoms with van der Waals surface area (Å²) < 4.78 is 22.6. The summed E-state index contributed by atoms with van der Waals surface area (Å²) in [5, 5.41) is 26.5. The van der Waals surface area contributed by atoms with E-state index in [9.17, 15) is 25.0 Å². The minimum Gasteiger partial charge on any atom is -0.493 e. The number of halogens is 1. The van der Waals surface area contributed by atoms with E-state index in [0.717, 1.165) is 23.8 Å². The predicted molar refractivity (Wildman–Crippen MR) is 159 cm³/mol. The zero-order valence-electron chi connectivity index (χ0n) is 22.7. The maximum atomic E-state index is 12.7. The van der Waals surface area contributed by atoms with Crippen LogP contribution < -0.4 is 24.4 Å². The Hall–Kier alpha value is -5.50. The smallest absolute Gasteiger partial charge is 0.318 e. The summed E-state index contributed by atoms with van der Waals surface area (Å²) in [6.45, 7) is 0.334. The fourth-order valence-electron chi connectivity index (χ4n) is 3.77. The van der Waals surface area contributed by atoms with Crippen molar-refractivity contribution in [2.24, 2.45) is 5.10 Å². The molecule has 0 aromatic heterocycles. The molecule has 0 atom stereocenters. The van der Waals surface area contributed by atoms with Crippen LogP contribution in [0.2, 0.25) is 0 Å². The average Bonchev–Trinajstić information content (AvgIpc) is 3.01. The van der Waals surface area contributed by atoms with E-state index in [1.165, 1.54) is 32.6 Å². The molecule has 0 bridgehead atoms. The highest BCUT2D eigenvalue weighted by molar-refractivity contribution is 9.10. The van der Waals surface area contributed by atoms with Gasteiger partial charge in [-0.2, -0.15) is 5.10 Å². The van der Waals surface area contributed by atoms with E-state index < -0.39 is 27.1 Å². The van der Waals surface area contributed by atoms with Gasteiger partial charge in [0.15, 0.2) is 23.0 Å². The first-order valence-electron chi connectivity index (χ1n) is 12.4. The standard InChI is InChI=1S/C29H23BrN4O9/c1-40-26-14-20(8-10-25(26)42-17-18-6-4-3-5-7-18)29(35)32-31-16-19-12-22(30)28(27(13-19)41-2)43-24-11-9-21(33(36)37)15-23(24)34(38)39/h3-16H,17H2,1-2H3,(H,32,35)/b31-16+. The lowest BCUT2D eigenvalue weighted by Crippen LogP contribution is -2.17. The molecule has 0 unspecified atom stereocenters. The minimum atomic E-state index is -0.784. The number of carbonyl (C=O) groups excluding carboxylic acids is 1. The fraction of sp³-hybridized carbons (Fsp3) is 0.103. The molecular weight excluding hydrogens is 628 g/mol. The molecule has 0 fully saturated rings. The summed E-state index contributed by atoms with van der Waals surface area (Å²) in [6, 6.07) is 20.5. The summed E-state index contributed by atoms with van der Waals surface area (Å²) in [5.74, 6) is 0.388. The number of nitrogens with one attached hydrogen (secondary N) is 1. The Labute approximate surface area is 253 Å². The van der Waals surface area contributed by atoms with Gasteiger partial charge in [-0.1, -0.05) is 30.3 Å². The van der Waals surface area contributed by atoms with E-state index in [0.29, 0.717) is 28.1 Å². The Morgan fingerprint density at radius 3 is 2.28 bits per heavy atom. The zero-order valence-corrected chi connectivity index (χ0v) is 24.3. The van der Waals surface area contributed by atoms with Crippen LogP contribution in [0.15, 0.2) is 88.4 Å². The second-order valence-electron chi connectivity index (χ2n) is 8.64. The maximum Gasteiger partial charge on any atom is 0.318 e. The first kappa shape index (κ1) is 30.5. The Morgan fingerprint density at radius 2 is 1.60 bits per heavy atom. The van der Waals surface area contributed by atoms with Crippen molar-refractivity contribution in [3.05, 3.63) is 120 Å². The van der Waals surface area contributed by atoms with Gasteiger partial charge in [0, 0.05) is 11.6 Å². The van der Waals surface area contributed by atoms with Crippen molar-refractivity contribution in [3.8, 4) is 28.7 Å². The van der Waals surface area contributed by atoms with Gasteiger partial charge in [0.2, 0.25) is 5.75 Å². The average molecular weight is 651 g/mol. The lowest BCUT2D eigenvalue weighted by atomic mass is 10.2.